The second kappa shape index (κ2) is 6.90. The Hall–Kier alpha value is -2.34. The summed E-state index contributed by atoms with van der Waals surface area (Å²) in [5, 5.41) is 3.79. The molecule has 0 heterocycles. The van der Waals surface area contributed by atoms with E-state index in [2.05, 4.69) is 9.93 Å². The second-order valence-corrected chi connectivity index (χ2v) is 5.80. The first-order valence-corrected chi connectivity index (χ1v) is 7.93. The maximum atomic E-state index is 12.0. The maximum absolute atomic E-state index is 12.0. The van der Waals surface area contributed by atoms with E-state index in [1.807, 2.05) is 19.1 Å². The second-order valence-electron chi connectivity index (χ2n) is 4.14. The Morgan fingerprint density at radius 1 is 1.10 bits per heavy atom. The van der Waals surface area contributed by atoms with Crippen molar-refractivity contribution < 1.29 is 13.2 Å². The average Bonchev–Trinajstić information content (AvgIpc) is 2.50. The zero-order valence-corrected chi connectivity index (χ0v) is 12.4. The molecule has 0 unspecified atom stereocenters. The van der Waals surface area contributed by atoms with E-state index >= 15 is 0 Å². The Balaban J connectivity index is 2.13. The number of nitrogens with zero attached hydrogens (tertiary/aromatic N) is 1. The average molecular weight is 304 g/mol. The van der Waals surface area contributed by atoms with Crippen molar-refractivity contribution >= 4 is 16.2 Å². The van der Waals surface area contributed by atoms with Crippen LogP contribution in [0.1, 0.15) is 12.5 Å². The normalized spacial score (nSPS) is 11.5. The number of para-hydroxylation sites is 1. The van der Waals surface area contributed by atoms with Gasteiger partial charge in [0.05, 0.1) is 17.7 Å². The number of benzene rings is 2. The standard InChI is InChI=1S/C15H16N2O3S/c1-2-20-15-11-7-6-8-13(15)12-16-17-21(18,19)14-9-4-3-5-10-14/h3-12,17H,2H2,1H3. The van der Waals surface area contributed by atoms with Crippen molar-refractivity contribution in [3.8, 4) is 5.75 Å². The fraction of sp³-hybridized carbons (Fsp3) is 0.133. The fourth-order valence-corrected chi connectivity index (χ4v) is 2.50. The van der Waals surface area contributed by atoms with Gasteiger partial charge in [-0.1, -0.05) is 30.3 Å². The van der Waals surface area contributed by atoms with Gasteiger partial charge in [0.1, 0.15) is 5.75 Å². The molecule has 0 aliphatic rings. The molecule has 21 heavy (non-hydrogen) atoms. The Bertz CT molecular complexity index is 713. The van der Waals surface area contributed by atoms with Crippen molar-refractivity contribution in [1.29, 1.82) is 0 Å². The highest BCUT2D eigenvalue weighted by molar-refractivity contribution is 7.89. The van der Waals surface area contributed by atoms with Crippen molar-refractivity contribution in [2.75, 3.05) is 6.61 Å². The molecule has 110 valence electrons. The quantitative estimate of drug-likeness (QED) is 0.658. The minimum atomic E-state index is -3.64. The van der Waals surface area contributed by atoms with Crippen LogP contribution in [-0.2, 0) is 10.0 Å². The van der Waals surface area contributed by atoms with Crippen LogP contribution in [-0.4, -0.2) is 21.2 Å². The van der Waals surface area contributed by atoms with Gasteiger partial charge >= 0.3 is 0 Å². The summed E-state index contributed by atoms with van der Waals surface area (Å²) in [6.45, 7) is 2.41. The van der Waals surface area contributed by atoms with Crippen molar-refractivity contribution in [3.05, 3.63) is 60.2 Å². The molecule has 0 aliphatic carbocycles. The molecule has 2 rings (SSSR count). The van der Waals surface area contributed by atoms with E-state index in [1.165, 1.54) is 18.3 Å². The lowest BCUT2D eigenvalue weighted by atomic mass is 10.2. The summed E-state index contributed by atoms with van der Waals surface area (Å²) in [4.78, 5) is 2.35. The summed E-state index contributed by atoms with van der Waals surface area (Å²) in [6.07, 6.45) is 1.42. The van der Waals surface area contributed by atoms with Crippen LogP contribution in [0, 0.1) is 0 Å². The first-order valence-electron chi connectivity index (χ1n) is 6.45. The number of hydrogen-bond donors (Lipinski definition) is 1. The third-order valence-corrected chi connectivity index (χ3v) is 3.89. The molecule has 0 aliphatic heterocycles. The Labute approximate surface area is 124 Å². The molecule has 0 radical (unpaired) electrons. The summed E-state index contributed by atoms with van der Waals surface area (Å²) < 4.78 is 29.4. The van der Waals surface area contributed by atoms with Crippen LogP contribution in [0.4, 0.5) is 0 Å². The van der Waals surface area contributed by atoms with E-state index in [4.69, 9.17) is 4.74 Å². The molecule has 0 saturated heterocycles. The SMILES string of the molecule is CCOc1ccccc1C=NNS(=O)(=O)c1ccccc1. The van der Waals surface area contributed by atoms with Crippen LogP contribution in [0.15, 0.2) is 64.6 Å². The molecule has 0 fully saturated rings. The van der Waals surface area contributed by atoms with E-state index in [9.17, 15) is 8.42 Å². The van der Waals surface area contributed by atoms with Gasteiger partial charge in [0.15, 0.2) is 0 Å². The van der Waals surface area contributed by atoms with E-state index in [-0.39, 0.29) is 4.90 Å². The summed E-state index contributed by atoms with van der Waals surface area (Å²) in [5.41, 5.74) is 0.704. The molecule has 5 nitrogen and oxygen atoms in total. The molecule has 0 spiro atoms. The Morgan fingerprint density at radius 2 is 1.76 bits per heavy atom. The van der Waals surface area contributed by atoms with Gasteiger partial charge in [-0.15, -0.1) is 0 Å². The molecule has 0 aromatic heterocycles. The fourth-order valence-electron chi connectivity index (χ4n) is 1.69. The number of nitrogens with one attached hydrogen (secondary N) is 1. The van der Waals surface area contributed by atoms with Gasteiger partial charge in [0, 0.05) is 5.56 Å². The molecule has 0 saturated carbocycles. The highest BCUT2D eigenvalue weighted by Crippen LogP contribution is 2.15. The lowest BCUT2D eigenvalue weighted by Gasteiger charge is -2.06. The highest BCUT2D eigenvalue weighted by Gasteiger charge is 2.11. The molecule has 6 heteroatoms. The number of ether oxygens (including phenoxy) is 1. The van der Waals surface area contributed by atoms with Crippen molar-refractivity contribution in [2.45, 2.75) is 11.8 Å². The third kappa shape index (κ3) is 4.06. The molecular formula is C15H16N2O3S. The van der Waals surface area contributed by atoms with Crippen LogP contribution >= 0.6 is 0 Å². The van der Waals surface area contributed by atoms with Crippen LogP contribution < -0.4 is 9.57 Å². The minimum absolute atomic E-state index is 0.167. The summed E-state index contributed by atoms with van der Waals surface area (Å²) in [5.74, 6) is 0.655. The lowest BCUT2D eigenvalue weighted by Crippen LogP contribution is -2.18. The minimum Gasteiger partial charge on any atom is -0.493 e. The van der Waals surface area contributed by atoms with Crippen molar-refractivity contribution in [3.63, 3.8) is 0 Å². The molecule has 2 aromatic carbocycles. The topological polar surface area (TPSA) is 67.8 Å². The zero-order valence-electron chi connectivity index (χ0n) is 11.6. The van der Waals surface area contributed by atoms with Gasteiger partial charge in [-0.05, 0) is 31.2 Å². The third-order valence-electron chi connectivity index (χ3n) is 2.65. The maximum Gasteiger partial charge on any atom is 0.276 e. The Kier molecular flexibility index (Phi) is 4.94. The smallest absolute Gasteiger partial charge is 0.276 e. The zero-order chi connectivity index (χ0) is 15.1. The van der Waals surface area contributed by atoms with Gasteiger partial charge in [-0.3, -0.25) is 0 Å². The number of hydrogen-bond acceptors (Lipinski definition) is 4. The summed E-state index contributed by atoms with van der Waals surface area (Å²) >= 11 is 0. The van der Waals surface area contributed by atoms with Gasteiger partial charge in [0.2, 0.25) is 0 Å². The molecule has 1 N–H and O–H groups in total. The Morgan fingerprint density at radius 3 is 2.48 bits per heavy atom. The van der Waals surface area contributed by atoms with Crippen LogP contribution in [0.5, 0.6) is 5.75 Å². The van der Waals surface area contributed by atoms with Gasteiger partial charge in [0.25, 0.3) is 10.0 Å². The monoisotopic (exact) mass is 304 g/mol. The number of rotatable bonds is 6. The molecule has 2 aromatic rings. The van der Waals surface area contributed by atoms with Crippen LogP contribution in [0.25, 0.3) is 0 Å². The van der Waals surface area contributed by atoms with Crippen molar-refractivity contribution in [1.82, 2.24) is 4.83 Å². The summed E-state index contributed by atoms with van der Waals surface area (Å²) in [6, 6.07) is 15.3. The first-order chi connectivity index (χ1) is 10.1. The van der Waals surface area contributed by atoms with E-state index in [0.717, 1.165) is 0 Å². The predicted molar refractivity (Wildman–Crippen MR) is 82.0 cm³/mol. The van der Waals surface area contributed by atoms with Crippen molar-refractivity contribution in [2.24, 2.45) is 5.10 Å². The van der Waals surface area contributed by atoms with Gasteiger partial charge in [-0.25, -0.2) is 4.83 Å². The van der Waals surface area contributed by atoms with E-state index in [0.29, 0.717) is 17.9 Å². The molecule has 0 bridgehead atoms. The highest BCUT2D eigenvalue weighted by atomic mass is 32.2. The summed E-state index contributed by atoms with van der Waals surface area (Å²) in [7, 11) is -3.64. The number of hydrazone groups is 1. The first kappa shape index (κ1) is 15.1. The lowest BCUT2D eigenvalue weighted by molar-refractivity contribution is 0.340. The molecular weight excluding hydrogens is 288 g/mol. The van der Waals surface area contributed by atoms with Crippen LogP contribution in [0.3, 0.4) is 0 Å². The molecule has 0 atom stereocenters. The predicted octanol–water partition coefficient (Wildman–Crippen LogP) is 2.40. The van der Waals surface area contributed by atoms with E-state index in [1.54, 1.807) is 30.3 Å². The van der Waals surface area contributed by atoms with Gasteiger partial charge < -0.3 is 4.74 Å². The number of sulfonamides is 1. The van der Waals surface area contributed by atoms with Gasteiger partial charge in [-0.2, -0.15) is 13.5 Å². The van der Waals surface area contributed by atoms with Crippen LogP contribution in [0.2, 0.25) is 0 Å². The molecule has 0 amide bonds. The van der Waals surface area contributed by atoms with E-state index < -0.39 is 10.0 Å². The largest absolute Gasteiger partial charge is 0.493 e.